The minimum Gasteiger partial charge on any atom is -0.507 e. The third kappa shape index (κ3) is 2.58. The molecule has 16 heavy (non-hydrogen) atoms. The van der Waals surface area contributed by atoms with Crippen LogP contribution < -0.4 is 0 Å². The predicted octanol–water partition coefficient (Wildman–Crippen LogP) is 4.76. The highest BCUT2D eigenvalue weighted by molar-refractivity contribution is 5.47. The normalized spacial score (nSPS) is 11.8. The lowest BCUT2D eigenvalue weighted by Gasteiger charge is -2.18. The molecule has 0 aliphatic carbocycles. The number of phenolic OH excluding ortho intramolecular Hbond substituents is 1. The van der Waals surface area contributed by atoms with Gasteiger partial charge in [-0.25, -0.2) is 0 Å². The van der Waals surface area contributed by atoms with E-state index in [0.29, 0.717) is 23.5 Å². The highest BCUT2D eigenvalue weighted by atomic mass is 16.3. The minimum atomic E-state index is 0.371. The Balaban J connectivity index is 3.39. The summed E-state index contributed by atoms with van der Waals surface area (Å²) in [6, 6.07) is 4.30. The van der Waals surface area contributed by atoms with Gasteiger partial charge in [-0.2, -0.15) is 0 Å². The van der Waals surface area contributed by atoms with E-state index in [9.17, 15) is 5.11 Å². The molecular formula is C15H24O. The molecule has 0 amide bonds. The molecule has 1 aromatic carbocycles. The maximum absolute atomic E-state index is 10.2. The van der Waals surface area contributed by atoms with E-state index in [0.717, 1.165) is 11.1 Å². The highest BCUT2D eigenvalue weighted by Crippen LogP contribution is 2.36. The van der Waals surface area contributed by atoms with Crippen molar-refractivity contribution in [3.63, 3.8) is 0 Å². The fourth-order valence-corrected chi connectivity index (χ4v) is 1.92. The van der Waals surface area contributed by atoms with Gasteiger partial charge < -0.3 is 5.11 Å². The number of benzene rings is 1. The van der Waals surface area contributed by atoms with Gasteiger partial charge in [0.05, 0.1) is 0 Å². The summed E-state index contributed by atoms with van der Waals surface area (Å²) in [5.74, 6) is 1.75. The highest BCUT2D eigenvalue weighted by Gasteiger charge is 2.15. The molecule has 0 spiro atoms. The van der Waals surface area contributed by atoms with Crippen LogP contribution in [-0.4, -0.2) is 5.11 Å². The molecule has 0 saturated heterocycles. The van der Waals surface area contributed by atoms with Crippen molar-refractivity contribution in [1.29, 1.82) is 0 Å². The van der Waals surface area contributed by atoms with Gasteiger partial charge in [-0.05, 0) is 34.4 Å². The summed E-state index contributed by atoms with van der Waals surface area (Å²) < 4.78 is 0. The second-order valence-electron chi connectivity index (χ2n) is 5.51. The van der Waals surface area contributed by atoms with Crippen LogP contribution in [0.15, 0.2) is 12.1 Å². The Bertz CT molecular complexity index is 333. The summed E-state index contributed by atoms with van der Waals surface area (Å²) in [5, 5.41) is 10.2. The molecule has 0 aromatic heterocycles. The molecule has 1 aromatic rings. The van der Waals surface area contributed by atoms with Crippen molar-refractivity contribution in [3.8, 4) is 5.75 Å². The molecule has 0 radical (unpaired) electrons. The maximum atomic E-state index is 10.2. The standard InChI is InChI=1S/C15H24O/c1-9(2)12-7-13(10(3)4)15(16)14(8-12)11(5)6/h7-11,16H,1-6H3. The molecule has 0 heterocycles. The van der Waals surface area contributed by atoms with Gasteiger partial charge in [0.15, 0.2) is 0 Å². The van der Waals surface area contributed by atoms with Crippen LogP contribution in [0.4, 0.5) is 0 Å². The molecule has 1 N–H and O–H groups in total. The van der Waals surface area contributed by atoms with Crippen LogP contribution >= 0.6 is 0 Å². The van der Waals surface area contributed by atoms with Crippen LogP contribution in [0.5, 0.6) is 5.75 Å². The topological polar surface area (TPSA) is 20.2 Å². The van der Waals surface area contributed by atoms with Crippen LogP contribution in [0.25, 0.3) is 0 Å². The lowest BCUT2D eigenvalue weighted by molar-refractivity contribution is 0.454. The molecular weight excluding hydrogens is 196 g/mol. The van der Waals surface area contributed by atoms with Crippen LogP contribution in [0, 0.1) is 0 Å². The molecule has 0 unspecified atom stereocenters. The third-order valence-electron chi connectivity index (χ3n) is 3.10. The largest absolute Gasteiger partial charge is 0.507 e. The summed E-state index contributed by atoms with van der Waals surface area (Å²) in [5.41, 5.74) is 3.48. The predicted molar refractivity (Wildman–Crippen MR) is 70.4 cm³/mol. The van der Waals surface area contributed by atoms with Crippen molar-refractivity contribution >= 4 is 0 Å². The van der Waals surface area contributed by atoms with Gasteiger partial charge in [0.1, 0.15) is 5.75 Å². The first-order valence-corrected chi connectivity index (χ1v) is 6.21. The zero-order chi connectivity index (χ0) is 12.5. The van der Waals surface area contributed by atoms with E-state index in [2.05, 4.69) is 53.7 Å². The van der Waals surface area contributed by atoms with E-state index >= 15 is 0 Å². The molecule has 0 atom stereocenters. The molecule has 1 heteroatoms. The third-order valence-corrected chi connectivity index (χ3v) is 3.10. The lowest BCUT2D eigenvalue weighted by Crippen LogP contribution is -1.99. The molecule has 0 aliphatic rings. The van der Waals surface area contributed by atoms with Gasteiger partial charge >= 0.3 is 0 Å². The van der Waals surface area contributed by atoms with Gasteiger partial charge in [-0.1, -0.05) is 53.7 Å². The fourth-order valence-electron chi connectivity index (χ4n) is 1.92. The van der Waals surface area contributed by atoms with Gasteiger partial charge in [0.25, 0.3) is 0 Å². The average Bonchev–Trinajstić information content (AvgIpc) is 2.16. The fraction of sp³-hybridized carbons (Fsp3) is 0.600. The molecule has 0 fully saturated rings. The Morgan fingerprint density at radius 2 is 1.12 bits per heavy atom. The molecule has 90 valence electrons. The van der Waals surface area contributed by atoms with Crippen molar-refractivity contribution in [2.24, 2.45) is 0 Å². The number of aromatic hydroxyl groups is 1. The average molecular weight is 220 g/mol. The first-order chi connectivity index (χ1) is 7.34. The Morgan fingerprint density at radius 3 is 1.38 bits per heavy atom. The van der Waals surface area contributed by atoms with Gasteiger partial charge in [0.2, 0.25) is 0 Å². The van der Waals surface area contributed by atoms with Crippen LogP contribution in [0.1, 0.15) is 76.0 Å². The lowest BCUT2D eigenvalue weighted by atomic mass is 9.88. The summed E-state index contributed by atoms with van der Waals surface area (Å²) in [6.07, 6.45) is 0. The van der Waals surface area contributed by atoms with E-state index in [1.807, 2.05) is 0 Å². The summed E-state index contributed by atoms with van der Waals surface area (Å²) in [6.45, 7) is 12.9. The van der Waals surface area contributed by atoms with Crippen molar-refractivity contribution in [3.05, 3.63) is 28.8 Å². The van der Waals surface area contributed by atoms with Gasteiger partial charge in [-0.3, -0.25) is 0 Å². The maximum Gasteiger partial charge on any atom is 0.122 e. The Labute approximate surface area is 99.5 Å². The molecule has 1 nitrogen and oxygen atoms in total. The Hall–Kier alpha value is -0.980. The Morgan fingerprint density at radius 1 is 0.750 bits per heavy atom. The second kappa shape index (κ2) is 4.90. The number of hydrogen-bond acceptors (Lipinski definition) is 1. The van der Waals surface area contributed by atoms with Crippen molar-refractivity contribution in [2.45, 2.75) is 59.3 Å². The van der Waals surface area contributed by atoms with E-state index in [4.69, 9.17) is 0 Å². The summed E-state index contributed by atoms with van der Waals surface area (Å²) in [4.78, 5) is 0. The number of hydrogen-bond donors (Lipinski definition) is 1. The smallest absolute Gasteiger partial charge is 0.122 e. The number of phenols is 1. The second-order valence-corrected chi connectivity index (χ2v) is 5.51. The van der Waals surface area contributed by atoms with Crippen LogP contribution in [0.2, 0.25) is 0 Å². The minimum absolute atomic E-state index is 0.371. The van der Waals surface area contributed by atoms with Crippen molar-refractivity contribution < 1.29 is 5.11 Å². The van der Waals surface area contributed by atoms with E-state index in [1.165, 1.54) is 5.56 Å². The van der Waals surface area contributed by atoms with Crippen LogP contribution in [-0.2, 0) is 0 Å². The molecule has 0 aliphatic heterocycles. The van der Waals surface area contributed by atoms with Gasteiger partial charge in [-0.15, -0.1) is 0 Å². The molecule has 0 bridgehead atoms. The summed E-state index contributed by atoms with van der Waals surface area (Å²) >= 11 is 0. The quantitative estimate of drug-likeness (QED) is 0.778. The zero-order valence-electron chi connectivity index (χ0n) is 11.3. The van der Waals surface area contributed by atoms with Crippen LogP contribution in [0.3, 0.4) is 0 Å². The summed E-state index contributed by atoms with van der Waals surface area (Å²) in [7, 11) is 0. The van der Waals surface area contributed by atoms with Gasteiger partial charge in [0, 0.05) is 0 Å². The molecule has 0 saturated carbocycles. The SMILES string of the molecule is CC(C)c1cc(C(C)C)c(O)c(C(C)C)c1. The first-order valence-electron chi connectivity index (χ1n) is 6.21. The number of rotatable bonds is 3. The first kappa shape index (κ1) is 13.1. The molecule has 1 rings (SSSR count). The van der Waals surface area contributed by atoms with Crippen molar-refractivity contribution in [2.75, 3.05) is 0 Å². The van der Waals surface area contributed by atoms with E-state index in [-0.39, 0.29) is 0 Å². The van der Waals surface area contributed by atoms with E-state index < -0.39 is 0 Å². The van der Waals surface area contributed by atoms with E-state index in [1.54, 1.807) is 0 Å². The zero-order valence-corrected chi connectivity index (χ0v) is 11.3. The van der Waals surface area contributed by atoms with Crippen molar-refractivity contribution in [1.82, 2.24) is 0 Å². The monoisotopic (exact) mass is 220 g/mol. The Kier molecular flexibility index (Phi) is 4.01.